The van der Waals surface area contributed by atoms with E-state index in [0.29, 0.717) is 0 Å². The second-order valence-corrected chi connectivity index (χ2v) is 9.47. The molecule has 1 saturated heterocycles. The summed E-state index contributed by atoms with van der Waals surface area (Å²) in [6.07, 6.45) is -0.209. The van der Waals surface area contributed by atoms with Gasteiger partial charge in [0.1, 0.15) is 35.9 Å². The maximum Gasteiger partial charge on any atom is 0.305 e. The quantitative estimate of drug-likeness (QED) is 0.348. The van der Waals surface area contributed by atoms with Gasteiger partial charge in [-0.3, -0.25) is 9.36 Å². The molecule has 0 bridgehead atoms. The van der Waals surface area contributed by atoms with Crippen molar-refractivity contribution in [2.45, 2.75) is 23.5 Å². The van der Waals surface area contributed by atoms with Gasteiger partial charge in [-0.25, -0.2) is 0 Å². The number of fused-ring (bicyclic) bond motifs is 2. The van der Waals surface area contributed by atoms with Crippen molar-refractivity contribution >= 4 is 0 Å². The van der Waals surface area contributed by atoms with E-state index < -0.39 is 29.1 Å². The van der Waals surface area contributed by atoms with Gasteiger partial charge in [-0.1, -0.05) is 54.6 Å². The van der Waals surface area contributed by atoms with E-state index in [9.17, 15) is 9.90 Å². The van der Waals surface area contributed by atoms with Gasteiger partial charge in [0, 0.05) is 12.3 Å². The summed E-state index contributed by atoms with van der Waals surface area (Å²) in [4.78, 5) is 15.4. The zero-order valence-corrected chi connectivity index (χ0v) is 21.5. The molecule has 200 valence electrons. The monoisotopic (exact) mass is 528 g/mol. The van der Waals surface area contributed by atoms with Crippen LogP contribution in [0, 0.1) is 0 Å². The lowest BCUT2D eigenvalue weighted by Gasteiger charge is -2.43. The topological polar surface area (TPSA) is 101 Å². The molecule has 3 aromatic carbocycles. The van der Waals surface area contributed by atoms with Crippen molar-refractivity contribution in [2.24, 2.45) is 0 Å². The van der Waals surface area contributed by atoms with Crippen LogP contribution in [0.3, 0.4) is 0 Å². The molecule has 3 heterocycles. The highest BCUT2D eigenvalue weighted by Gasteiger charge is 2.60. The van der Waals surface area contributed by atoms with Crippen LogP contribution in [0.5, 0.6) is 17.5 Å². The second kappa shape index (κ2) is 9.85. The Kier molecular flexibility index (Phi) is 6.34. The molecule has 0 saturated carbocycles. The van der Waals surface area contributed by atoms with Crippen LogP contribution in [-0.2, 0) is 20.8 Å². The van der Waals surface area contributed by atoms with Gasteiger partial charge in [0.05, 0.1) is 20.8 Å². The largest absolute Gasteiger partial charge is 0.497 e. The summed E-state index contributed by atoms with van der Waals surface area (Å²) >= 11 is 0. The van der Waals surface area contributed by atoms with E-state index in [1.807, 2.05) is 78.9 Å². The van der Waals surface area contributed by atoms with Crippen molar-refractivity contribution in [2.75, 3.05) is 27.4 Å². The lowest BCUT2D eigenvalue weighted by atomic mass is 9.80. The number of aliphatic hydroxyl groups is 1. The summed E-state index contributed by atoms with van der Waals surface area (Å²) in [5.41, 5.74) is 0.0238. The Bertz CT molecular complexity index is 1460. The molecular weight excluding hydrogens is 500 g/mol. The highest BCUT2D eigenvalue weighted by Crippen LogP contribution is 2.45. The smallest absolute Gasteiger partial charge is 0.305 e. The van der Waals surface area contributed by atoms with Crippen molar-refractivity contribution < 1.29 is 28.8 Å². The van der Waals surface area contributed by atoms with E-state index in [1.165, 1.54) is 6.07 Å². The minimum absolute atomic E-state index is 0.0438. The summed E-state index contributed by atoms with van der Waals surface area (Å²) in [5, 5.41) is 11.3. The number of aromatic nitrogens is 2. The number of rotatable bonds is 8. The molecule has 9 nitrogen and oxygen atoms in total. The predicted molar refractivity (Wildman–Crippen MR) is 141 cm³/mol. The van der Waals surface area contributed by atoms with Gasteiger partial charge in [-0.15, -0.1) is 0 Å². The fraction of sp³-hybridized carbons (Fsp3) is 0.267. The van der Waals surface area contributed by atoms with Gasteiger partial charge >= 0.3 is 6.01 Å². The lowest BCUT2D eigenvalue weighted by Crippen LogP contribution is -2.59. The predicted octanol–water partition coefficient (Wildman–Crippen LogP) is 3.07. The van der Waals surface area contributed by atoms with E-state index >= 15 is 0 Å². The van der Waals surface area contributed by atoms with Crippen LogP contribution < -0.4 is 19.8 Å². The standard InChI is InChI=1S/C30H28N2O7/c1-35-23-12-8-21(9-13-23)30(20-6-4-3-5-7-20,22-10-14-24(36-2)15-11-22)38-18-25-27(34)29(19-37-25)32-17-16-26(33)31-28(32)39-29/h3-17,25,27,34H,18-19H2,1-2H3/t25-,27-,29-/m1/s1. The van der Waals surface area contributed by atoms with Crippen molar-refractivity contribution in [3.05, 3.63) is 118 Å². The molecule has 39 heavy (non-hydrogen) atoms. The Morgan fingerprint density at radius 1 is 0.923 bits per heavy atom. The first kappa shape index (κ1) is 25.1. The Balaban J connectivity index is 1.39. The number of methoxy groups -OCH3 is 2. The van der Waals surface area contributed by atoms with Crippen molar-refractivity contribution in [3.8, 4) is 17.5 Å². The number of benzene rings is 3. The fourth-order valence-electron chi connectivity index (χ4n) is 5.33. The molecule has 4 aromatic rings. The van der Waals surface area contributed by atoms with Crippen LogP contribution in [0.25, 0.3) is 0 Å². The number of hydrogen-bond acceptors (Lipinski definition) is 8. The first-order chi connectivity index (χ1) is 19.0. The maximum atomic E-state index is 11.6. The molecule has 2 aliphatic rings. The van der Waals surface area contributed by atoms with Gasteiger partial charge in [0.2, 0.25) is 5.72 Å². The average Bonchev–Trinajstić information content (AvgIpc) is 3.31. The molecule has 1 aromatic heterocycles. The minimum Gasteiger partial charge on any atom is -0.497 e. The van der Waals surface area contributed by atoms with E-state index in [1.54, 1.807) is 25.0 Å². The first-order valence-corrected chi connectivity index (χ1v) is 12.6. The maximum absolute atomic E-state index is 11.6. The molecule has 1 fully saturated rings. The summed E-state index contributed by atoms with van der Waals surface area (Å²) in [6, 6.07) is 26.8. The molecule has 3 atom stereocenters. The molecular formula is C30H28N2O7. The van der Waals surface area contributed by atoms with Crippen LogP contribution in [-0.4, -0.2) is 54.3 Å². The number of hydrogen-bond donors (Lipinski definition) is 1. The number of ether oxygens (including phenoxy) is 5. The van der Waals surface area contributed by atoms with Gasteiger partial charge in [-0.2, -0.15) is 4.98 Å². The summed E-state index contributed by atoms with van der Waals surface area (Å²) in [6.45, 7) is 0.130. The SMILES string of the molecule is COc1ccc(C(OC[C@H]2OC[C@@]3(Oc4nc(=O)ccn43)[C@@H]2O)(c2ccccc2)c2ccc(OC)cc2)cc1. The zero-order valence-electron chi connectivity index (χ0n) is 21.5. The molecule has 6 rings (SSSR count). The van der Waals surface area contributed by atoms with Crippen LogP contribution in [0.15, 0.2) is 95.9 Å². The van der Waals surface area contributed by atoms with Crippen LogP contribution >= 0.6 is 0 Å². The lowest BCUT2D eigenvalue weighted by molar-refractivity contribution is -0.159. The summed E-state index contributed by atoms with van der Waals surface area (Å²) < 4.78 is 31.1. The van der Waals surface area contributed by atoms with Crippen LogP contribution in [0.1, 0.15) is 16.7 Å². The molecule has 0 amide bonds. The van der Waals surface area contributed by atoms with Crippen LogP contribution in [0.2, 0.25) is 0 Å². The Labute approximate surface area is 225 Å². The van der Waals surface area contributed by atoms with E-state index in [-0.39, 0.29) is 19.2 Å². The average molecular weight is 529 g/mol. The number of aliphatic hydroxyl groups excluding tert-OH is 1. The third-order valence-electron chi connectivity index (χ3n) is 7.41. The zero-order chi connectivity index (χ0) is 27.0. The Morgan fingerprint density at radius 3 is 2.08 bits per heavy atom. The van der Waals surface area contributed by atoms with Gasteiger partial charge < -0.3 is 28.8 Å². The van der Waals surface area contributed by atoms with E-state index in [0.717, 1.165) is 28.2 Å². The second-order valence-electron chi connectivity index (χ2n) is 9.47. The van der Waals surface area contributed by atoms with Crippen molar-refractivity contribution in [1.29, 1.82) is 0 Å². The highest BCUT2D eigenvalue weighted by molar-refractivity contribution is 5.49. The molecule has 1 spiro atoms. The Morgan fingerprint density at radius 2 is 1.51 bits per heavy atom. The third kappa shape index (κ3) is 4.06. The fourth-order valence-corrected chi connectivity index (χ4v) is 5.33. The minimum atomic E-state index is -1.15. The van der Waals surface area contributed by atoms with Crippen molar-refractivity contribution in [1.82, 2.24) is 9.55 Å². The first-order valence-electron chi connectivity index (χ1n) is 12.6. The van der Waals surface area contributed by atoms with Crippen molar-refractivity contribution in [3.63, 3.8) is 0 Å². The van der Waals surface area contributed by atoms with E-state index in [2.05, 4.69) is 4.98 Å². The molecule has 0 aliphatic carbocycles. The molecule has 9 heteroatoms. The Hall–Kier alpha value is -4.18. The van der Waals surface area contributed by atoms with Gasteiger partial charge in [-0.05, 0) is 41.0 Å². The molecule has 1 N–H and O–H groups in total. The summed E-state index contributed by atoms with van der Waals surface area (Å²) in [7, 11) is 3.25. The van der Waals surface area contributed by atoms with Crippen LogP contribution in [0.4, 0.5) is 0 Å². The highest BCUT2D eigenvalue weighted by atomic mass is 16.6. The van der Waals surface area contributed by atoms with E-state index in [4.69, 9.17) is 23.7 Å². The van der Waals surface area contributed by atoms with Gasteiger partial charge in [0.15, 0.2) is 0 Å². The number of nitrogens with zero attached hydrogens (tertiary/aromatic N) is 2. The van der Waals surface area contributed by atoms with Gasteiger partial charge in [0.25, 0.3) is 5.56 Å². The third-order valence-corrected chi connectivity index (χ3v) is 7.41. The normalized spacial score (nSPS) is 21.6. The molecule has 0 unspecified atom stereocenters. The molecule has 2 aliphatic heterocycles. The summed E-state index contributed by atoms with van der Waals surface area (Å²) in [5.74, 6) is 1.44. The molecule has 0 radical (unpaired) electrons.